The molecule has 26 heavy (non-hydrogen) atoms. The Balaban J connectivity index is 0.000000552. The maximum atomic E-state index is 9.57. The van der Waals surface area contributed by atoms with E-state index in [9.17, 15) is 10.2 Å². The maximum Gasteiger partial charge on any atom is 0.503 e. The Morgan fingerprint density at radius 2 is 0.962 bits per heavy atom. The predicted octanol–water partition coefficient (Wildman–Crippen LogP) is 4.67. The van der Waals surface area contributed by atoms with Crippen LogP contribution in [0, 0.1) is 0 Å². The van der Waals surface area contributed by atoms with E-state index in [0.717, 1.165) is 16.7 Å². The molecule has 0 amide bonds. The number of hydrogen-bond donors (Lipinski definition) is 4. The molecule has 0 aliphatic heterocycles. The average Bonchev–Trinajstić information content (AvgIpc) is 2.62. The van der Waals surface area contributed by atoms with Crippen molar-refractivity contribution in [2.24, 2.45) is 0 Å². The smallest absolute Gasteiger partial charge is 0.503 e. The van der Waals surface area contributed by atoms with E-state index in [-0.39, 0.29) is 16.9 Å². The zero-order valence-electron chi connectivity index (χ0n) is 14.2. The molecule has 0 saturated heterocycles. The zero-order valence-corrected chi connectivity index (χ0v) is 14.2. The molecular weight excluding hydrogens is 332 g/mol. The molecule has 3 aromatic rings. The van der Waals surface area contributed by atoms with E-state index >= 15 is 0 Å². The largest absolute Gasteiger partial charge is 0.508 e. The molecule has 0 aliphatic rings. The zero-order chi connectivity index (χ0) is 19.2. The first kappa shape index (κ1) is 18.9. The Bertz CT molecular complexity index is 790. The van der Waals surface area contributed by atoms with E-state index in [1.165, 1.54) is 0 Å². The third kappa shape index (κ3) is 4.33. The minimum atomic E-state index is -1.83. The Hall–Kier alpha value is -3.47. The van der Waals surface area contributed by atoms with Crippen LogP contribution in [0.2, 0.25) is 0 Å². The van der Waals surface area contributed by atoms with Gasteiger partial charge in [-0.2, -0.15) is 0 Å². The summed E-state index contributed by atoms with van der Waals surface area (Å²) in [7, 11) is 0. The highest BCUT2D eigenvalue weighted by Gasteiger charge is 2.30. The molecule has 5 nitrogen and oxygen atoms in total. The third-order valence-corrected chi connectivity index (χ3v) is 4.24. The van der Waals surface area contributed by atoms with Gasteiger partial charge in [-0.15, -0.1) is 0 Å². The average molecular weight is 352 g/mol. The number of phenolic OH excluding ortho intramolecular Hbond substituents is 2. The lowest BCUT2D eigenvalue weighted by atomic mass is 9.71. The fourth-order valence-electron chi connectivity index (χ4n) is 2.86. The lowest BCUT2D eigenvalue weighted by Crippen LogP contribution is -2.25. The fraction of sp³-hybridized carbons (Fsp3) is 0.0952. The molecule has 0 unspecified atom stereocenters. The van der Waals surface area contributed by atoms with Crippen LogP contribution in [-0.2, 0) is 5.41 Å². The van der Waals surface area contributed by atoms with E-state index in [1.807, 2.05) is 42.5 Å². The monoisotopic (exact) mass is 352 g/mol. The van der Waals surface area contributed by atoms with Gasteiger partial charge < -0.3 is 20.4 Å². The maximum absolute atomic E-state index is 9.57. The van der Waals surface area contributed by atoms with Crippen LogP contribution in [0.4, 0.5) is 4.79 Å². The number of carbonyl (C=O) groups is 1. The minimum absolute atomic E-state index is 0.255. The Morgan fingerprint density at radius 3 is 1.31 bits per heavy atom. The molecule has 3 aromatic carbocycles. The van der Waals surface area contributed by atoms with Crippen LogP contribution in [0.5, 0.6) is 11.5 Å². The van der Waals surface area contributed by atoms with Crippen molar-refractivity contribution in [2.45, 2.75) is 12.3 Å². The van der Waals surface area contributed by atoms with E-state index in [0.29, 0.717) is 0 Å². The van der Waals surface area contributed by atoms with Gasteiger partial charge in [-0.05, 0) is 47.9 Å². The summed E-state index contributed by atoms with van der Waals surface area (Å²) in [5.41, 5.74) is 2.97. The first-order valence-corrected chi connectivity index (χ1v) is 7.90. The van der Waals surface area contributed by atoms with Crippen molar-refractivity contribution in [3.05, 3.63) is 95.6 Å². The number of hydrogen-bond acceptors (Lipinski definition) is 3. The molecule has 0 saturated carbocycles. The molecule has 4 N–H and O–H groups in total. The normalized spacial score (nSPS) is 10.5. The number of phenols is 2. The van der Waals surface area contributed by atoms with E-state index in [4.69, 9.17) is 15.0 Å². The van der Waals surface area contributed by atoms with Gasteiger partial charge in [0.05, 0.1) is 0 Å². The van der Waals surface area contributed by atoms with Crippen LogP contribution in [0.1, 0.15) is 23.6 Å². The van der Waals surface area contributed by atoms with Crippen molar-refractivity contribution in [1.29, 1.82) is 0 Å². The number of benzene rings is 3. The molecule has 0 fully saturated rings. The van der Waals surface area contributed by atoms with Crippen molar-refractivity contribution >= 4 is 6.16 Å². The third-order valence-electron chi connectivity index (χ3n) is 4.24. The minimum Gasteiger partial charge on any atom is -0.508 e. The second-order valence-electron chi connectivity index (χ2n) is 5.87. The molecule has 134 valence electrons. The molecule has 0 aromatic heterocycles. The standard InChI is InChI=1S/C20H18O2.CH2O3/c1-20(15-5-3-2-4-6-15,16-7-11-18(21)12-8-16)17-9-13-19(22)14-10-17;2-1(3)4/h2-14,21-22H,1H3;(H2,2,3,4). The van der Waals surface area contributed by atoms with Crippen molar-refractivity contribution in [3.63, 3.8) is 0 Å². The molecule has 0 aliphatic carbocycles. The van der Waals surface area contributed by atoms with Gasteiger partial charge in [0.15, 0.2) is 0 Å². The first-order chi connectivity index (χ1) is 12.3. The quantitative estimate of drug-likeness (QED) is 0.513. The molecule has 5 heteroatoms. The van der Waals surface area contributed by atoms with E-state index < -0.39 is 6.16 Å². The number of rotatable bonds is 3. The highest BCUT2D eigenvalue weighted by atomic mass is 16.6. The van der Waals surface area contributed by atoms with Crippen LogP contribution in [0.3, 0.4) is 0 Å². The summed E-state index contributed by atoms with van der Waals surface area (Å²) >= 11 is 0. The molecule has 0 spiro atoms. The lowest BCUT2D eigenvalue weighted by Gasteiger charge is -2.32. The summed E-state index contributed by atoms with van der Waals surface area (Å²) in [5.74, 6) is 0.509. The summed E-state index contributed by atoms with van der Waals surface area (Å²) < 4.78 is 0. The summed E-state index contributed by atoms with van der Waals surface area (Å²) in [4.78, 5) is 8.56. The SMILES string of the molecule is CC(c1ccccc1)(c1ccc(O)cc1)c1ccc(O)cc1.O=C(O)O. The van der Waals surface area contributed by atoms with Gasteiger partial charge in [0, 0.05) is 5.41 Å². The Morgan fingerprint density at radius 1 is 0.654 bits per heavy atom. The number of carboxylic acid groups (broad SMARTS) is 2. The fourth-order valence-corrected chi connectivity index (χ4v) is 2.86. The van der Waals surface area contributed by atoms with Gasteiger partial charge in [0.25, 0.3) is 0 Å². The molecular formula is C21H20O5. The molecule has 3 rings (SSSR count). The van der Waals surface area contributed by atoms with Crippen molar-refractivity contribution in [1.82, 2.24) is 0 Å². The molecule has 0 radical (unpaired) electrons. The first-order valence-electron chi connectivity index (χ1n) is 7.90. The predicted molar refractivity (Wildman–Crippen MR) is 98.9 cm³/mol. The van der Waals surface area contributed by atoms with Gasteiger partial charge >= 0.3 is 6.16 Å². The highest BCUT2D eigenvalue weighted by Crippen LogP contribution is 2.39. The number of aromatic hydroxyl groups is 2. The van der Waals surface area contributed by atoms with Crippen molar-refractivity contribution in [2.75, 3.05) is 0 Å². The van der Waals surface area contributed by atoms with Gasteiger partial charge in [0.1, 0.15) is 11.5 Å². The van der Waals surface area contributed by atoms with Crippen molar-refractivity contribution in [3.8, 4) is 11.5 Å². The van der Waals surface area contributed by atoms with E-state index in [2.05, 4.69) is 19.1 Å². The van der Waals surface area contributed by atoms with Crippen molar-refractivity contribution < 1.29 is 25.2 Å². The Kier molecular flexibility index (Phi) is 5.86. The summed E-state index contributed by atoms with van der Waals surface area (Å²) in [6.45, 7) is 2.15. The van der Waals surface area contributed by atoms with Gasteiger partial charge in [-0.25, -0.2) is 4.79 Å². The summed E-state index contributed by atoms with van der Waals surface area (Å²) in [6.07, 6.45) is -1.83. The van der Waals surface area contributed by atoms with Gasteiger partial charge in [-0.1, -0.05) is 54.6 Å². The lowest BCUT2D eigenvalue weighted by molar-refractivity contribution is 0.137. The molecule has 0 bridgehead atoms. The molecule has 0 atom stereocenters. The summed E-state index contributed by atoms with van der Waals surface area (Å²) in [6, 6.07) is 24.8. The van der Waals surface area contributed by atoms with Crippen LogP contribution >= 0.6 is 0 Å². The Labute approximate surface area is 151 Å². The topological polar surface area (TPSA) is 98.0 Å². The van der Waals surface area contributed by atoms with Crippen LogP contribution < -0.4 is 0 Å². The van der Waals surface area contributed by atoms with Crippen LogP contribution in [0.25, 0.3) is 0 Å². The van der Waals surface area contributed by atoms with Gasteiger partial charge in [-0.3, -0.25) is 0 Å². The highest BCUT2D eigenvalue weighted by molar-refractivity contribution is 5.53. The second-order valence-corrected chi connectivity index (χ2v) is 5.87. The van der Waals surface area contributed by atoms with Crippen LogP contribution in [-0.4, -0.2) is 26.6 Å². The van der Waals surface area contributed by atoms with E-state index in [1.54, 1.807) is 24.3 Å². The summed E-state index contributed by atoms with van der Waals surface area (Å²) in [5, 5.41) is 33.1. The van der Waals surface area contributed by atoms with Crippen LogP contribution in [0.15, 0.2) is 78.9 Å². The van der Waals surface area contributed by atoms with Gasteiger partial charge in [0.2, 0.25) is 0 Å². The second kappa shape index (κ2) is 8.07. The molecule has 0 heterocycles.